The average molecular weight is 460 g/mol. The predicted molar refractivity (Wildman–Crippen MR) is 108 cm³/mol. The largest absolute Gasteiger partial charge is 0.483 e. The van der Waals surface area contributed by atoms with E-state index in [0.29, 0.717) is 17.1 Å². The van der Waals surface area contributed by atoms with Crippen LogP contribution in [-0.2, 0) is 6.54 Å². The van der Waals surface area contributed by atoms with Gasteiger partial charge in [0, 0.05) is 5.56 Å². The van der Waals surface area contributed by atoms with Gasteiger partial charge in [-0.2, -0.15) is 5.10 Å². The molecule has 1 amide bonds. The highest BCUT2D eigenvalue weighted by atomic mass is 19.3. The second-order valence-corrected chi connectivity index (χ2v) is 8.38. The number of hydrogen-bond donors (Lipinski definition) is 1. The summed E-state index contributed by atoms with van der Waals surface area (Å²) in [5, 5.41) is 6.45. The number of carbonyl (C=O) groups is 1. The van der Waals surface area contributed by atoms with Gasteiger partial charge in [-0.05, 0) is 25.3 Å². The minimum atomic E-state index is -2.90. The van der Waals surface area contributed by atoms with Crippen molar-refractivity contribution in [1.82, 2.24) is 24.9 Å². The van der Waals surface area contributed by atoms with Crippen molar-refractivity contribution in [3.05, 3.63) is 41.6 Å². The van der Waals surface area contributed by atoms with Gasteiger partial charge in [0.25, 0.3) is 12.3 Å². The maximum absolute atomic E-state index is 14.1. The Morgan fingerprint density at radius 2 is 2.12 bits per heavy atom. The molecule has 1 fully saturated rings. The van der Waals surface area contributed by atoms with Crippen LogP contribution in [0.2, 0.25) is 0 Å². The molecule has 12 heteroatoms. The Morgan fingerprint density at radius 1 is 1.24 bits per heavy atom. The summed E-state index contributed by atoms with van der Waals surface area (Å²) in [4.78, 5) is 23.5. The summed E-state index contributed by atoms with van der Waals surface area (Å²) in [7, 11) is 0. The first-order valence-corrected chi connectivity index (χ1v) is 10.7. The van der Waals surface area contributed by atoms with Crippen molar-refractivity contribution in [1.29, 1.82) is 0 Å². The lowest BCUT2D eigenvalue weighted by atomic mass is 10.1. The van der Waals surface area contributed by atoms with Gasteiger partial charge in [-0.15, -0.1) is 0 Å². The number of anilines is 1. The van der Waals surface area contributed by atoms with E-state index >= 15 is 0 Å². The van der Waals surface area contributed by atoms with Gasteiger partial charge in [-0.3, -0.25) is 4.79 Å². The molecule has 3 aliphatic rings. The lowest BCUT2D eigenvalue weighted by molar-refractivity contribution is 0.0592. The molecule has 3 aromatic heterocycles. The van der Waals surface area contributed by atoms with Crippen molar-refractivity contribution < 1.29 is 27.4 Å². The van der Waals surface area contributed by atoms with Gasteiger partial charge < -0.3 is 19.7 Å². The minimum Gasteiger partial charge on any atom is -0.483 e. The van der Waals surface area contributed by atoms with Crippen LogP contribution in [0.25, 0.3) is 5.65 Å². The smallest absolute Gasteiger partial charge is 0.261 e. The quantitative estimate of drug-likeness (QED) is 0.596. The third-order valence-corrected chi connectivity index (χ3v) is 6.31. The van der Waals surface area contributed by atoms with E-state index in [1.807, 2.05) is 4.90 Å². The molecule has 0 aromatic carbocycles. The molecule has 2 bridgehead atoms. The lowest BCUT2D eigenvalue weighted by Crippen LogP contribution is -2.47. The minimum absolute atomic E-state index is 0.0253. The summed E-state index contributed by atoms with van der Waals surface area (Å²) in [6.45, 7) is -0.351. The Bertz CT molecular complexity index is 1250. The Hall–Kier alpha value is -3.57. The van der Waals surface area contributed by atoms with Gasteiger partial charge in [0.2, 0.25) is 5.88 Å². The van der Waals surface area contributed by atoms with Crippen LogP contribution in [0.4, 0.5) is 19.0 Å². The lowest BCUT2D eigenvalue weighted by Gasteiger charge is -2.39. The van der Waals surface area contributed by atoms with E-state index in [0.717, 1.165) is 25.5 Å². The van der Waals surface area contributed by atoms with Crippen LogP contribution in [0, 0.1) is 5.82 Å². The molecule has 172 valence electrons. The van der Waals surface area contributed by atoms with Crippen LogP contribution >= 0.6 is 0 Å². The molecular formula is C21H19F3N6O3. The number of ether oxygens (including phenoxy) is 2. The van der Waals surface area contributed by atoms with Gasteiger partial charge in [-0.1, -0.05) is 0 Å². The van der Waals surface area contributed by atoms with Crippen molar-refractivity contribution in [3.8, 4) is 11.6 Å². The third-order valence-electron chi connectivity index (χ3n) is 6.31. The molecule has 1 unspecified atom stereocenters. The van der Waals surface area contributed by atoms with Gasteiger partial charge in [0.15, 0.2) is 17.2 Å². The number of pyridine rings is 1. The van der Waals surface area contributed by atoms with E-state index in [1.165, 1.54) is 16.8 Å². The highest BCUT2D eigenvalue weighted by Gasteiger charge is 2.41. The normalized spacial score (nSPS) is 24.3. The van der Waals surface area contributed by atoms with E-state index in [-0.39, 0.29) is 35.8 Å². The van der Waals surface area contributed by atoms with Crippen LogP contribution in [0.1, 0.15) is 35.2 Å². The molecule has 1 N–H and O–H groups in total. The first kappa shape index (κ1) is 20.1. The van der Waals surface area contributed by atoms with Crippen molar-refractivity contribution in [3.63, 3.8) is 0 Å². The van der Waals surface area contributed by atoms with E-state index in [9.17, 15) is 18.0 Å². The number of aromatic nitrogens is 4. The van der Waals surface area contributed by atoms with E-state index in [2.05, 4.69) is 20.4 Å². The summed E-state index contributed by atoms with van der Waals surface area (Å²) in [5.41, 5.74) is 0.655. The van der Waals surface area contributed by atoms with Crippen molar-refractivity contribution >= 4 is 17.4 Å². The average Bonchev–Trinajstić information content (AvgIpc) is 3.42. The molecule has 0 saturated heterocycles. The second-order valence-electron chi connectivity index (χ2n) is 8.38. The Balaban J connectivity index is 1.54. The zero-order chi connectivity index (χ0) is 22.7. The summed E-state index contributed by atoms with van der Waals surface area (Å²) in [5.74, 6) is -0.339. The molecule has 1 saturated carbocycles. The van der Waals surface area contributed by atoms with Crippen molar-refractivity contribution in [2.75, 3.05) is 11.5 Å². The Morgan fingerprint density at radius 3 is 2.97 bits per heavy atom. The topological polar surface area (TPSA) is 93.9 Å². The van der Waals surface area contributed by atoms with E-state index in [1.54, 1.807) is 6.20 Å². The molecule has 0 radical (unpaired) electrons. The molecule has 33 heavy (non-hydrogen) atoms. The fraction of sp³-hybridized carbons (Fsp3) is 0.429. The number of carbonyl (C=O) groups excluding carboxylic acids is 1. The number of nitrogens with zero attached hydrogens (tertiary/aromatic N) is 5. The standard InChI is InChI=1S/C21H19F3N6O3/c22-11-4-10-7-29-14-2-1-3-15(14)33-16-8-30-18(28-19(16)29)12(6-26-30)20(31)27-13(17(23)24)9-32-21(10)25-5-11/h4-6,8,13-15,17H,1-3,7,9H2,(H,27,31)/t13?,14-,15+/m1/s1. The highest BCUT2D eigenvalue weighted by molar-refractivity contribution is 6.00. The molecule has 9 nitrogen and oxygen atoms in total. The first-order chi connectivity index (χ1) is 16.0. The Labute approximate surface area is 185 Å². The van der Waals surface area contributed by atoms with Gasteiger partial charge in [0.05, 0.1) is 31.2 Å². The number of rotatable bonds is 1. The van der Waals surface area contributed by atoms with Crippen LogP contribution < -0.4 is 19.7 Å². The van der Waals surface area contributed by atoms with Crippen LogP contribution in [0.15, 0.2) is 24.7 Å². The van der Waals surface area contributed by atoms with Gasteiger partial charge >= 0.3 is 0 Å². The monoisotopic (exact) mass is 460 g/mol. The molecule has 5 heterocycles. The van der Waals surface area contributed by atoms with Crippen molar-refractivity contribution in [2.24, 2.45) is 0 Å². The number of amides is 1. The number of nitrogens with one attached hydrogen (secondary N) is 1. The zero-order valence-electron chi connectivity index (χ0n) is 17.2. The molecule has 3 aromatic rings. The molecule has 1 aliphatic carbocycles. The second kappa shape index (κ2) is 7.49. The molecular weight excluding hydrogens is 441 g/mol. The van der Waals surface area contributed by atoms with E-state index in [4.69, 9.17) is 9.47 Å². The zero-order valence-corrected chi connectivity index (χ0v) is 17.2. The maximum atomic E-state index is 14.1. The van der Waals surface area contributed by atoms with E-state index < -0.39 is 30.8 Å². The molecule has 6 rings (SSSR count). The number of alkyl halides is 2. The van der Waals surface area contributed by atoms with Gasteiger partial charge in [-0.25, -0.2) is 27.7 Å². The summed E-state index contributed by atoms with van der Waals surface area (Å²) in [6.07, 6.45) is 3.54. The summed E-state index contributed by atoms with van der Waals surface area (Å²) >= 11 is 0. The number of halogens is 3. The Kier molecular flexibility index (Phi) is 4.56. The third kappa shape index (κ3) is 3.31. The first-order valence-electron chi connectivity index (χ1n) is 10.7. The molecule has 3 atom stereocenters. The SMILES string of the molecule is O=C1NC(C(F)F)COc2ncc(F)cc2CN2c3nc4c1cnn4cc3O[C@H]1CCC[C@H]12. The highest BCUT2D eigenvalue weighted by Crippen LogP contribution is 2.42. The maximum Gasteiger partial charge on any atom is 0.261 e. The molecule has 0 spiro atoms. The van der Waals surface area contributed by atoms with Crippen LogP contribution in [0.5, 0.6) is 11.6 Å². The predicted octanol–water partition coefficient (Wildman–Crippen LogP) is 2.34. The fourth-order valence-corrected chi connectivity index (χ4v) is 4.74. The summed E-state index contributed by atoms with van der Waals surface area (Å²) < 4.78 is 54.6. The van der Waals surface area contributed by atoms with Crippen LogP contribution in [0.3, 0.4) is 0 Å². The van der Waals surface area contributed by atoms with Crippen LogP contribution in [-0.4, -0.2) is 56.7 Å². The number of fused-ring (bicyclic) bond motifs is 3. The number of hydrogen-bond acceptors (Lipinski definition) is 7. The molecule has 2 aliphatic heterocycles. The van der Waals surface area contributed by atoms with Crippen molar-refractivity contribution in [2.45, 2.75) is 50.4 Å². The van der Waals surface area contributed by atoms with Gasteiger partial charge in [0.1, 0.15) is 30.1 Å². The summed E-state index contributed by atoms with van der Waals surface area (Å²) in [6, 6.07) is -0.358. The fourth-order valence-electron chi connectivity index (χ4n) is 4.74.